The molecule has 0 fully saturated rings. The van der Waals surface area contributed by atoms with E-state index >= 15 is 0 Å². The Morgan fingerprint density at radius 2 is 2.06 bits per heavy atom. The highest BCUT2D eigenvalue weighted by molar-refractivity contribution is 5.50. The number of nitrogens with one attached hydrogen (secondary N) is 1. The van der Waals surface area contributed by atoms with Gasteiger partial charge in [-0.1, -0.05) is 18.2 Å². The third-order valence-electron chi connectivity index (χ3n) is 2.37. The smallest absolute Gasteiger partial charge is 0.203 e. The summed E-state index contributed by atoms with van der Waals surface area (Å²) < 4.78 is 5.27. The number of aryl methyl sites for hydroxylation is 1. The van der Waals surface area contributed by atoms with Crippen molar-refractivity contribution in [1.29, 1.82) is 5.26 Å². The molecule has 1 heterocycles. The molecule has 3 nitrogen and oxygen atoms in total. The first kappa shape index (κ1) is 10.3. The van der Waals surface area contributed by atoms with Crippen LogP contribution in [0.2, 0.25) is 0 Å². The maximum absolute atomic E-state index is 8.62. The van der Waals surface area contributed by atoms with Crippen molar-refractivity contribution in [3.63, 3.8) is 0 Å². The summed E-state index contributed by atoms with van der Waals surface area (Å²) in [6.07, 6.45) is 0. The summed E-state index contributed by atoms with van der Waals surface area (Å²) in [5.41, 5.74) is 2.27. The Bertz CT molecular complexity index is 523. The Morgan fingerprint density at radius 1 is 1.25 bits per heavy atom. The Morgan fingerprint density at radius 3 is 2.75 bits per heavy atom. The van der Waals surface area contributed by atoms with Crippen LogP contribution in [0, 0.1) is 18.3 Å². The van der Waals surface area contributed by atoms with Crippen molar-refractivity contribution >= 4 is 5.69 Å². The molecule has 1 aromatic heterocycles. The van der Waals surface area contributed by atoms with Crippen molar-refractivity contribution in [2.24, 2.45) is 0 Å². The summed E-state index contributed by atoms with van der Waals surface area (Å²) >= 11 is 0. The lowest BCUT2D eigenvalue weighted by atomic mass is 10.2. The number of furan rings is 1. The first-order valence-corrected chi connectivity index (χ1v) is 5.08. The van der Waals surface area contributed by atoms with Crippen LogP contribution in [0.1, 0.15) is 17.1 Å². The van der Waals surface area contributed by atoms with Gasteiger partial charge >= 0.3 is 0 Å². The van der Waals surface area contributed by atoms with E-state index in [9.17, 15) is 0 Å². The van der Waals surface area contributed by atoms with E-state index in [0.29, 0.717) is 12.3 Å². The molecule has 2 rings (SSSR count). The summed E-state index contributed by atoms with van der Waals surface area (Å²) in [5, 5.41) is 11.9. The highest BCUT2D eigenvalue weighted by atomic mass is 16.3. The standard InChI is InChI=1S/C13H12N2O/c1-10-4-2-3-5-13(10)15-9-12-7-6-11(8-14)16-12/h2-7,15H,9H2,1H3. The van der Waals surface area contributed by atoms with Gasteiger partial charge in [0.1, 0.15) is 11.8 Å². The van der Waals surface area contributed by atoms with Crippen LogP contribution in [0.25, 0.3) is 0 Å². The zero-order chi connectivity index (χ0) is 11.4. The predicted octanol–water partition coefficient (Wildman–Crippen LogP) is 3.07. The number of benzene rings is 1. The van der Waals surface area contributed by atoms with Crippen LogP contribution in [0.3, 0.4) is 0 Å². The first-order valence-electron chi connectivity index (χ1n) is 5.08. The minimum absolute atomic E-state index is 0.349. The number of anilines is 1. The average molecular weight is 212 g/mol. The molecule has 1 aromatic carbocycles. The van der Waals surface area contributed by atoms with Gasteiger partial charge in [-0.3, -0.25) is 0 Å². The lowest BCUT2D eigenvalue weighted by Crippen LogP contribution is -1.99. The number of para-hydroxylation sites is 1. The maximum atomic E-state index is 8.62. The molecule has 0 radical (unpaired) electrons. The minimum atomic E-state index is 0.349. The fraction of sp³-hybridized carbons (Fsp3) is 0.154. The molecule has 0 saturated carbocycles. The van der Waals surface area contributed by atoms with Gasteiger partial charge in [-0.2, -0.15) is 5.26 Å². The van der Waals surface area contributed by atoms with E-state index in [1.165, 1.54) is 5.56 Å². The van der Waals surface area contributed by atoms with Crippen molar-refractivity contribution in [1.82, 2.24) is 0 Å². The molecular weight excluding hydrogens is 200 g/mol. The molecule has 0 aliphatic rings. The summed E-state index contributed by atoms with van der Waals surface area (Å²) in [6, 6.07) is 13.5. The van der Waals surface area contributed by atoms with Crippen molar-refractivity contribution in [2.45, 2.75) is 13.5 Å². The molecule has 0 saturated heterocycles. The van der Waals surface area contributed by atoms with Gasteiger partial charge in [-0.15, -0.1) is 0 Å². The van der Waals surface area contributed by atoms with Crippen LogP contribution in [0.5, 0.6) is 0 Å². The molecule has 0 unspecified atom stereocenters. The number of nitriles is 1. The average Bonchev–Trinajstić information content (AvgIpc) is 2.76. The van der Waals surface area contributed by atoms with Gasteiger partial charge in [-0.25, -0.2) is 0 Å². The van der Waals surface area contributed by atoms with Gasteiger partial charge < -0.3 is 9.73 Å². The number of nitrogens with zero attached hydrogens (tertiary/aromatic N) is 1. The van der Waals surface area contributed by atoms with Gasteiger partial charge in [0.25, 0.3) is 0 Å². The highest BCUT2D eigenvalue weighted by Crippen LogP contribution is 2.15. The Balaban J connectivity index is 2.03. The third-order valence-corrected chi connectivity index (χ3v) is 2.37. The molecule has 1 N–H and O–H groups in total. The molecule has 0 spiro atoms. The molecule has 0 atom stereocenters. The lowest BCUT2D eigenvalue weighted by Gasteiger charge is -2.06. The highest BCUT2D eigenvalue weighted by Gasteiger charge is 2.01. The van der Waals surface area contributed by atoms with Crippen LogP contribution < -0.4 is 5.32 Å². The fourth-order valence-corrected chi connectivity index (χ4v) is 1.49. The molecule has 0 amide bonds. The van der Waals surface area contributed by atoms with Crippen LogP contribution in [-0.4, -0.2) is 0 Å². The molecule has 0 bridgehead atoms. The van der Waals surface area contributed by atoms with E-state index in [4.69, 9.17) is 9.68 Å². The summed E-state index contributed by atoms with van der Waals surface area (Å²) in [6.45, 7) is 2.64. The zero-order valence-corrected chi connectivity index (χ0v) is 9.03. The summed E-state index contributed by atoms with van der Waals surface area (Å²) in [5.74, 6) is 1.11. The van der Waals surface area contributed by atoms with Gasteiger partial charge in [0.05, 0.1) is 6.54 Å². The van der Waals surface area contributed by atoms with E-state index in [2.05, 4.69) is 5.32 Å². The molecule has 80 valence electrons. The van der Waals surface area contributed by atoms with E-state index in [-0.39, 0.29) is 0 Å². The fourth-order valence-electron chi connectivity index (χ4n) is 1.49. The van der Waals surface area contributed by atoms with Crippen LogP contribution in [0.15, 0.2) is 40.8 Å². The number of hydrogen-bond acceptors (Lipinski definition) is 3. The van der Waals surface area contributed by atoms with Gasteiger partial charge in [0.15, 0.2) is 0 Å². The normalized spacial score (nSPS) is 9.75. The van der Waals surface area contributed by atoms with E-state index in [0.717, 1.165) is 11.4 Å². The predicted molar refractivity (Wildman–Crippen MR) is 61.9 cm³/mol. The van der Waals surface area contributed by atoms with Crippen LogP contribution in [0.4, 0.5) is 5.69 Å². The third kappa shape index (κ3) is 2.23. The Hall–Kier alpha value is -2.21. The zero-order valence-electron chi connectivity index (χ0n) is 9.03. The maximum Gasteiger partial charge on any atom is 0.203 e. The van der Waals surface area contributed by atoms with E-state index in [1.54, 1.807) is 6.07 Å². The first-order chi connectivity index (χ1) is 7.79. The largest absolute Gasteiger partial charge is 0.449 e. The molecule has 0 aliphatic heterocycles. The van der Waals surface area contributed by atoms with Gasteiger partial charge in [-0.05, 0) is 30.7 Å². The molecule has 2 aromatic rings. The Kier molecular flexibility index (Phi) is 2.93. The topological polar surface area (TPSA) is 49.0 Å². The molecule has 16 heavy (non-hydrogen) atoms. The van der Waals surface area contributed by atoms with Gasteiger partial charge in [0, 0.05) is 5.69 Å². The molecule has 3 heteroatoms. The van der Waals surface area contributed by atoms with Crippen molar-refractivity contribution in [3.05, 3.63) is 53.5 Å². The van der Waals surface area contributed by atoms with Gasteiger partial charge in [0.2, 0.25) is 5.76 Å². The van der Waals surface area contributed by atoms with Crippen molar-refractivity contribution < 1.29 is 4.42 Å². The second-order valence-corrected chi connectivity index (χ2v) is 3.55. The number of rotatable bonds is 3. The molecule has 0 aliphatic carbocycles. The van der Waals surface area contributed by atoms with Crippen LogP contribution >= 0.6 is 0 Å². The van der Waals surface area contributed by atoms with Crippen molar-refractivity contribution in [2.75, 3.05) is 5.32 Å². The second-order valence-electron chi connectivity index (χ2n) is 3.55. The Labute approximate surface area is 94.3 Å². The molecular formula is C13H12N2O. The lowest BCUT2D eigenvalue weighted by molar-refractivity contribution is 0.506. The van der Waals surface area contributed by atoms with Crippen molar-refractivity contribution in [3.8, 4) is 6.07 Å². The summed E-state index contributed by atoms with van der Waals surface area (Å²) in [4.78, 5) is 0. The van der Waals surface area contributed by atoms with E-state index in [1.807, 2.05) is 43.3 Å². The van der Waals surface area contributed by atoms with E-state index < -0.39 is 0 Å². The second kappa shape index (κ2) is 4.54. The minimum Gasteiger partial charge on any atom is -0.449 e. The SMILES string of the molecule is Cc1ccccc1NCc1ccc(C#N)o1. The number of hydrogen-bond donors (Lipinski definition) is 1. The quantitative estimate of drug-likeness (QED) is 0.850. The summed E-state index contributed by atoms with van der Waals surface area (Å²) in [7, 11) is 0. The van der Waals surface area contributed by atoms with Crippen LogP contribution in [-0.2, 0) is 6.54 Å². The monoisotopic (exact) mass is 212 g/mol.